The van der Waals surface area contributed by atoms with E-state index in [-0.39, 0.29) is 11.9 Å². The molecule has 4 aromatic rings. The molecule has 2 aromatic carbocycles. The number of rotatable bonds is 4. The lowest BCUT2D eigenvalue weighted by molar-refractivity contribution is -0.0350. The fourth-order valence-electron chi connectivity index (χ4n) is 3.89. The van der Waals surface area contributed by atoms with Crippen molar-refractivity contribution in [1.82, 2.24) is 19.9 Å². The topological polar surface area (TPSA) is 51.1 Å². The Bertz CT molecular complexity index is 1180. The zero-order valence-electron chi connectivity index (χ0n) is 16.4. The van der Waals surface area contributed by atoms with Crippen LogP contribution in [0, 0.1) is 5.82 Å². The lowest BCUT2D eigenvalue weighted by Gasteiger charge is -2.32. The van der Waals surface area contributed by atoms with Crippen molar-refractivity contribution >= 4 is 10.9 Å². The molecule has 1 fully saturated rings. The van der Waals surface area contributed by atoms with Crippen molar-refractivity contribution in [3.63, 3.8) is 0 Å². The maximum Gasteiger partial charge on any atom is 0.132 e. The van der Waals surface area contributed by atoms with E-state index in [4.69, 9.17) is 4.74 Å². The number of para-hydroxylation sites is 1. The largest absolute Gasteiger partial charge is 0.369 e. The van der Waals surface area contributed by atoms with Crippen LogP contribution in [-0.4, -0.2) is 39.5 Å². The van der Waals surface area contributed by atoms with Gasteiger partial charge in [-0.2, -0.15) is 0 Å². The molecule has 0 amide bonds. The summed E-state index contributed by atoms with van der Waals surface area (Å²) in [4.78, 5) is 15.8. The van der Waals surface area contributed by atoms with Crippen molar-refractivity contribution < 1.29 is 9.13 Å². The van der Waals surface area contributed by atoms with Crippen molar-refractivity contribution in [3.05, 3.63) is 90.3 Å². The first-order chi connectivity index (χ1) is 14.8. The second-order valence-electron chi connectivity index (χ2n) is 7.39. The zero-order chi connectivity index (χ0) is 20.3. The SMILES string of the molecule is Fc1ccccc1-c1cncc(C2CN(Cc3ccnc4ccccc34)CCO2)n1. The first kappa shape index (κ1) is 18.8. The number of fused-ring (bicyclic) bond motifs is 1. The van der Waals surface area contributed by atoms with Gasteiger partial charge < -0.3 is 4.74 Å². The quantitative estimate of drug-likeness (QED) is 0.508. The second-order valence-corrected chi connectivity index (χ2v) is 7.39. The third-order valence-corrected chi connectivity index (χ3v) is 5.42. The molecule has 2 aromatic heterocycles. The predicted octanol–water partition coefficient (Wildman–Crippen LogP) is 4.40. The number of nitrogens with zero attached hydrogens (tertiary/aromatic N) is 4. The van der Waals surface area contributed by atoms with Crippen LogP contribution < -0.4 is 0 Å². The highest BCUT2D eigenvalue weighted by atomic mass is 19.1. The molecule has 30 heavy (non-hydrogen) atoms. The smallest absolute Gasteiger partial charge is 0.132 e. The number of hydrogen-bond donors (Lipinski definition) is 0. The van der Waals surface area contributed by atoms with Gasteiger partial charge in [0.25, 0.3) is 0 Å². The van der Waals surface area contributed by atoms with Gasteiger partial charge in [-0.05, 0) is 29.8 Å². The van der Waals surface area contributed by atoms with E-state index in [2.05, 4.69) is 32.0 Å². The van der Waals surface area contributed by atoms with E-state index in [1.54, 1.807) is 30.6 Å². The molecular formula is C24H21FN4O. The average molecular weight is 400 g/mol. The van der Waals surface area contributed by atoms with Crippen LogP contribution in [0.2, 0.25) is 0 Å². The molecule has 0 bridgehead atoms. The van der Waals surface area contributed by atoms with E-state index in [1.165, 1.54) is 17.0 Å². The fraction of sp³-hybridized carbons (Fsp3) is 0.208. The highest BCUT2D eigenvalue weighted by molar-refractivity contribution is 5.81. The average Bonchev–Trinajstić information content (AvgIpc) is 2.80. The number of pyridine rings is 1. The van der Waals surface area contributed by atoms with Gasteiger partial charge in [-0.1, -0.05) is 30.3 Å². The summed E-state index contributed by atoms with van der Waals surface area (Å²) in [7, 11) is 0. The van der Waals surface area contributed by atoms with E-state index >= 15 is 0 Å². The van der Waals surface area contributed by atoms with E-state index in [1.807, 2.05) is 24.4 Å². The number of morpholine rings is 1. The van der Waals surface area contributed by atoms with Crippen molar-refractivity contribution in [1.29, 1.82) is 0 Å². The first-order valence-electron chi connectivity index (χ1n) is 10.0. The highest BCUT2D eigenvalue weighted by Gasteiger charge is 2.24. The molecule has 0 saturated carbocycles. The van der Waals surface area contributed by atoms with Crippen LogP contribution in [0.25, 0.3) is 22.2 Å². The van der Waals surface area contributed by atoms with Crippen LogP contribution in [0.1, 0.15) is 17.4 Å². The number of benzene rings is 2. The Kier molecular flexibility index (Phi) is 5.17. The third-order valence-electron chi connectivity index (χ3n) is 5.42. The maximum atomic E-state index is 14.2. The summed E-state index contributed by atoms with van der Waals surface area (Å²) in [6.45, 7) is 2.96. The number of aromatic nitrogens is 3. The minimum absolute atomic E-state index is 0.203. The normalized spacial score (nSPS) is 17.3. The van der Waals surface area contributed by atoms with Gasteiger partial charge in [0.05, 0.1) is 35.9 Å². The van der Waals surface area contributed by atoms with Gasteiger partial charge in [-0.25, -0.2) is 9.37 Å². The van der Waals surface area contributed by atoms with Crippen molar-refractivity contribution in [2.75, 3.05) is 19.7 Å². The summed E-state index contributed by atoms with van der Waals surface area (Å²) >= 11 is 0. The molecule has 0 N–H and O–H groups in total. The Morgan fingerprint density at radius 3 is 2.83 bits per heavy atom. The van der Waals surface area contributed by atoms with Crippen LogP contribution >= 0.6 is 0 Å². The van der Waals surface area contributed by atoms with Crippen LogP contribution in [0.5, 0.6) is 0 Å². The van der Waals surface area contributed by atoms with Gasteiger partial charge in [0.1, 0.15) is 11.9 Å². The van der Waals surface area contributed by atoms with Crippen molar-refractivity contribution in [2.45, 2.75) is 12.6 Å². The van der Waals surface area contributed by atoms with E-state index in [9.17, 15) is 4.39 Å². The molecule has 5 nitrogen and oxygen atoms in total. The van der Waals surface area contributed by atoms with Gasteiger partial charge >= 0.3 is 0 Å². The summed E-state index contributed by atoms with van der Waals surface area (Å²) in [6.07, 6.45) is 4.95. The summed E-state index contributed by atoms with van der Waals surface area (Å²) < 4.78 is 20.2. The van der Waals surface area contributed by atoms with Gasteiger partial charge in [0.2, 0.25) is 0 Å². The molecule has 1 aliphatic heterocycles. The monoisotopic (exact) mass is 400 g/mol. The standard InChI is InChI=1S/C24H21FN4O/c25-20-7-3-1-6-19(20)22-13-26-14-23(28-22)24-16-29(11-12-30-24)15-17-9-10-27-21-8-4-2-5-18(17)21/h1-10,13-14,24H,11-12,15-16H2. The molecule has 0 radical (unpaired) electrons. The molecule has 1 unspecified atom stereocenters. The van der Waals surface area contributed by atoms with E-state index < -0.39 is 0 Å². The minimum Gasteiger partial charge on any atom is -0.369 e. The number of ether oxygens (including phenoxy) is 1. The third kappa shape index (κ3) is 3.79. The number of halogens is 1. The Balaban J connectivity index is 1.37. The fourth-order valence-corrected chi connectivity index (χ4v) is 3.89. The second kappa shape index (κ2) is 8.26. The van der Waals surface area contributed by atoms with Gasteiger partial charge in [0, 0.05) is 36.8 Å². The Morgan fingerprint density at radius 1 is 1.03 bits per heavy atom. The van der Waals surface area contributed by atoms with E-state index in [0.29, 0.717) is 24.4 Å². The Labute approximate surface area is 174 Å². The molecule has 0 aliphatic carbocycles. The molecule has 1 saturated heterocycles. The van der Waals surface area contributed by atoms with Crippen molar-refractivity contribution in [2.24, 2.45) is 0 Å². The maximum absolute atomic E-state index is 14.2. The zero-order valence-corrected chi connectivity index (χ0v) is 16.4. The molecule has 0 spiro atoms. The van der Waals surface area contributed by atoms with Crippen LogP contribution in [-0.2, 0) is 11.3 Å². The highest BCUT2D eigenvalue weighted by Crippen LogP contribution is 2.26. The molecule has 6 heteroatoms. The van der Waals surface area contributed by atoms with Crippen LogP contribution in [0.4, 0.5) is 4.39 Å². The molecule has 150 valence electrons. The lowest BCUT2D eigenvalue weighted by Crippen LogP contribution is -2.38. The first-order valence-corrected chi connectivity index (χ1v) is 10.0. The Morgan fingerprint density at radius 2 is 1.90 bits per heavy atom. The summed E-state index contributed by atoms with van der Waals surface area (Å²) in [5.74, 6) is -0.306. The summed E-state index contributed by atoms with van der Waals surface area (Å²) in [5.41, 5.74) is 3.94. The molecule has 3 heterocycles. The van der Waals surface area contributed by atoms with Crippen LogP contribution in [0.3, 0.4) is 0 Å². The Hall–Kier alpha value is -3.22. The number of hydrogen-bond acceptors (Lipinski definition) is 5. The van der Waals surface area contributed by atoms with E-state index in [0.717, 1.165) is 24.3 Å². The molecule has 1 atom stereocenters. The van der Waals surface area contributed by atoms with Crippen molar-refractivity contribution in [3.8, 4) is 11.3 Å². The summed E-state index contributed by atoms with van der Waals surface area (Å²) in [6, 6.07) is 16.9. The van der Waals surface area contributed by atoms with Gasteiger partial charge in [-0.3, -0.25) is 14.9 Å². The predicted molar refractivity (Wildman–Crippen MR) is 113 cm³/mol. The molecular weight excluding hydrogens is 379 g/mol. The molecule has 1 aliphatic rings. The van der Waals surface area contributed by atoms with Gasteiger partial charge in [-0.15, -0.1) is 0 Å². The van der Waals surface area contributed by atoms with Crippen LogP contribution in [0.15, 0.2) is 73.2 Å². The molecule has 5 rings (SSSR count). The minimum atomic E-state index is -0.306. The van der Waals surface area contributed by atoms with Gasteiger partial charge in [0.15, 0.2) is 0 Å². The lowest BCUT2D eigenvalue weighted by atomic mass is 10.1. The summed E-state index contributed by atoms with van der Waals surface area (Å²) in [5, 5.41) is 1.17.